The van der Waals surface area contributed by atoms with Gasteiger partial charge in [0.25, 0.3) is 0 Å². The van der Waals surface area contributed by atoms with E-state index in [2.05, 4.69) is 20.7 Å². The number of benzene rings is 2. The number of methoxy groups -OCH3 is 1. The summed E-state index contributed by atoms with van der Waals surface area (Å²) in [5.74, 6) is 1.73. The first-order valence-corrected chi connectivity index (χ1v) is 9.72. The number of guanidine groups is 1. The minimum absolute atomic E-state index is 0. The molecule has 0 saturated heterocycles. The van der Waals surface area contributed by atoms with Crippen molar-refractivity contribution in [3.63, 3.8) is 0 Å². The Morgan fingerprint density at radius 2 is 1.90 bits per heavy atom. The summed E-state index contributed by atoms with van der Waals surface area (Å²) in [6.07, 6.45) is 2.57. The molecular formula is C22H27FIN5O2. The van der Waals surface area contributed by atoms with Gasteiger partial charge in [0.1, 0.15) is 5.82 Å². The maximum absolute atomic E-state index is 13.1. The number of ether oxygens (including phenoxy) is 2. The van der Waals surface area contributed by atoms with E-state index < -0.39 is 0 Å². The molecule has 7 nitrogen and oxygen atoms in total. The molecule has 2 aromatic carbocycles. The second kappa shape index (κ2) is 12.1. The van der Waals surface area contributed by atoms with Crippen molar-refractivity contribution in [3.05, 3.63) is 66.2 Å². The van der Waals surface area contributed by atoms with Crippen LogP contribution in [0.1, 0.15) is 12.6 Å². The zero-order valence-corrected chi connectivity index (χ0v) is 20.1. The van der Waals surface area contributed by atoms with Gasteiger partial charge in [-0.2, -0.15) is 5.10 Å². The molecule has 0 aliphatic heterocycles. The molecule has 3 rings (SSSR count). The highest BCUT2D eigenvalue weighted by molar-refractivity contribution is 14.0. The third-order valence-electron chi connectivity index (χ3n) is 4.36. The van der Waals surface area contributed by atoms with E-state index in [4.69, 9.17) is 9.47 Å². The zero-order chi connectivity index (χ0) is 21.3. The van der Waals surface area contributed by atoms with Gasteiger partial charge in [-0.15, -0.1) is 24.0 Å². The number of nitrogens with one attached hydrogen (secondary N) is 2. The van der Waals surface area contributed by atoms with Crippen LogP contribution in [0.15, 0.2) is 59.7 Å². The summed E-state index contributed by atoms with van der Waals surface area (Å²) >= 11 is 0. The predicted octanol–water partition coefficient (Wildman–Crippen LogP) is 4.27. The molecule has 9 heteroatoms. The fourth-order valence-corrected chi connectivity index (χ4v) is 2.88. The summed E-state index contributed by atoms with van der Waals surface area (Å²) in [6.45, 7) is 3.15. The highest BCUT2D eigenvalue weighted by atomic mass is 127. The molecule has 0 fully saturated rings. The van der Waals surface area contributed by atoms with E-state index in [0.717, 1.165) is 17.1 Å². The zero-order valence-electron chi connectivity index (χ0n) is 17.8. The second-order valence-corrected chi connectivity index (χ2v) is 6.40. The molecule has 0 aliphatic rings. The molecular weight excluding hydrogens is 512 g/mol. The van der Waals surface area contributed by atoms with Crippen molar-refractivity contribution in [2.45, 2.75) is 13.3 Å². The highest BCUT2D eigenvalue weighted by Crippen LogP contribution is 2.30. The summed E-state index contributed by atoms with van der Waals surface area (Å²) in [7, 11) is 3.32. The smallest absolute Gasteiger partial charge is 0.195 e. The van der Waals surface area contributed by atoms with Crippen molar-refractivity contribution >= 4 is 35.6 Å². The van der Waals surface area contributed by atoms with Gasteiger partial charge in [0, 0.05) is 38.0 Å². The average molecular weight is 539 g/mol. The quantitative estimate of drug-likeness (QED) is 0.254. The van der Waals surface area contributed by atoms with Crippen LogP contribution in [0.4, 0.5) is 10.1 Å². The van der Waals surface area contributed by atoms with E-state index in [9.17, 15) is 4.39 Å². The molecule has 1 aromatic heterocycles. The van der Waals surface area contributed by atoms with Crippen LogP contribution in [-0.4, -0.2) is 43.0 Å². The van der Waals surface area contributed by atoms with Crippen LogP contribution in [0.25, 0.3) is 5.69 Å². The second-order valence-electron chi connectivity index (χ2n) is 6.40. The standard InChI is InChI=1S/C22H26FN5O2.HI/c1-4-30-20-10-7-18(15-21(20)29-3)26-22(24-2)25-13-11-17-12-14-28(27-17)19-8-5-16(23)6-9-19;/h5-10,12,14-15H,4,11,13H2,1-3H3,(H2,24,25,26);1H. The molecule has 31 heavy (non-hydrogen) atoms. The van der Waals surface area contributed by atoms with Crippen LogP contribution >= 0.6 is 24.0 Å². The first kappa shape index (κ1) is 24.4. The summed E-state index contributed by atoms with van der Waals surface area (Å²) in [5.41, 5.74) is 2.58. The first-order chi connectivity index (χ1) is 14.6. The van der Waals surface area contributed by atoms with E-state index in [1.807, 2.05) is 37.4 Å². The number of aliphatic imine (C=N–C) groups is 1. The fourth-order valence-electron chi connectivity index (χ4n) is 2.88. The monoisotopic (exact) mass is 539 g/mol. The number of rotatable bonds is 8. The van der Waals surface area contributed by atoms with Crippen molar-refractivity contribution in [1.82, 2.24) is 15.1 Å². The van der Waals surface area contributed by atoms with Crippen LogP contribution < -0.4 is 20.1 Å². The van der Waals surface area contributed by atoms with Gasteiger partial charge in [0.05, 0.1) is 25.1 Å². The van der Waals surface area contributed by atoms with Gasteiger partial charge >= 0.3 is 0 Å². The van der Waals surface area contributed by atoms with Crippen LogP contribution in [0.5, 0.6) is 11.5 Å². The molecule has 0 radical (unpaired) electrons. The molecule has 0 saturated carbocycles. The Kier molecular flexibility index (Phi) is 9.57. The topological polar surface area (TPSA) is 72.7 Å². The Labute approximate surface area is 198 Å². The lowest BCUT2D eigenvalue weighted by molar-refractivity contribution is 0.311. The van der Waals surface area contributed by atoms with Gasteiger partial charge in [-0.25, -0.2) is 9.07 Å². The number of aromatic nitrogens is 2. The SMILES string of the molecule is CCOc1ccc(NC(=NC)NCCc2ccn(-c3ccc(F)cc3)n2)cc1OC.I. The Morgan fingerprint density at radius 1 is 1.13 bits per heavy atom. The summed E-state index contributed by atoms with van der Waals surface area (Å²) in [6, 6.07) is 13.8. The average Bonchev–Trinajstić information content (AvgIpc) is 3.23. The summed E-state index contributed by atoms with van der Waals surface area (Å²) in [4.78, 5) is 4.25. The molecule has 0 unspecified atom stereocenters. The minimum atomic E-state index is -0.264. The highest BCUT2D eigenvalue weighted by Gasteiger charge is 2.07. The molecule has 0 bridgehead atoms. The molecule has 0 amide bonds. The lowest BCUT2D eigenvalue weighted by atomic mass is 10.2. The molecule has 0 spiro atoms. The number of anilines is 1. The number of halogens is 2. The lowest BCUT2D eigenvalue weighted by Crippen LogP contribution is -2.32. The van der Waals surface area contributed by atoms with E-state index in [1.165, 1.54) is 12.1 Å². The van der Waals surface area contributed by atoms with Gasteiger partial charge in [-0.05, 0) is 49.4 Å². The normalized spacial score (nSPS) is 10.9. The number of hydrogen-bond donors (Lipinski definition) is 2. The van der Waals surface area contributed by atoms with Crippen LogP contribution in [-0.2, 0) is 6.42 Å². The molecule has 2 N–H and O–H groups in total. The van der Waals surface area contributed by atoms with Crippen LogP contribution in [0.3, 0.4) is 0 Å². The van der Waals surface area contributed by atoms with Crippen LogP contribution in [0, 0.1) is 5.82 Å². The Morgan fingerprint density at radius 3 is 2.58 bits per heavy atom. The fraction of sp³-hybridized carbons (Fsp3) is 0.273. The maximum atomic E-state index is 13.1. The molecule has 0 aliphatic carbocycles. The Hall–Kier alpha value is -2.82. The van der Waals surface area contributed by atoms with Gasteiger partial charge < -0.3 is 20.1 Å². The molecule has 1 heterocycles. The van der Waals surface area contributed by atoms with Gasteiger partial charge in [-0.1, -0.05) is 0 Å². The van der Waals surface area contributed by atoms with Crippen molar-refractivity contribution in [2.24, 2.45) is 4.99 Å². The van der Waals surface area contributed by atoms with Gasteiger partial charge in [0.15, 0.2) is 17.5 Å². The lowest BCUT2D eigenvalue weighted by Gasteiger charge is -2.14. The van der Waals surface area contributed by atoms with Crippen molar-refractivity contribution in [1.29, 1.82) is 0 Å². The van der Waals surface area contributed by atoms with Crippen LogP contribution in [0.2, 0.25) is 0 Å². The Bertz CT molecular complexity index is 992. The maximum Gasteiger partial charge on any atom is 0.195 e. The number of nitrogens with zero attached hydrogens (tertiary/aromatic N) is 3. The number of hydrogen-bond acceptors (Lipinski definition) is 4. The van der Waals surface area contributed by atoms with Crippen molar-refractivity contribution in [2.75, 3.05) is 32.6 Å². The third kappa shape index (κ3) is 6.84. The van der Waals surface area contributed by atoms with E-state index in [0.29, 0.717) is 37.0 Å². The summed E-state index contributed by atoms with van der Waals surface area (Å²) in [5, 5.41) is 11.0. The van der Waals surface area contributed by atoms with E-state index in [-0.39, 0.29) is 29.8 Å². The van der Waals surface area contributed by atoms with Gasteiger partial charge in [-0.3, -0.25) is 4.99 Å². The molecule has 3 aromatic rings. The molecule has 0 atom stereocenters. The largest absolute Gasteiger partial charge is 0.493 e. The van der Waals surface area contributed by atoms with Crippen molar-refractivity contribution < 1.29 is 13.9 Å². The van der Waals surface area contributed by atoms with E-state index >= 15 is 0 Å². The predicted molar refractivity (Wildman–Crippen MR) is 132 cm³/mol. The van der Waals surface area contributed by atoms with Crippen molar-refractivity contribution in [3.8, 4) is 17.2 Å². The minimum Gasteiger partial charge on any atom is -0.493 e. The third-order valence-corrected chi connectivity index (χ3v) is 4.36. The molecule has 166 valence electrons. The first-order valence-electron chi connectivity index (χ1n) is 9.72. The van der Waals surface area contributed by atoms with E-state index in [1.54, 1.807) is 31.0 Å². The summed E-state index contributed by atoms with van der Waals surface area (Å²) < 4.78 is 25.7. The Balaban J connectivity index is 0.00000341. The van der Waals surface area contributed by atoms with Gasteiger partial charge in [0.2, 0.25) is 0 Å².